The van der Waals surface area contributed by atoms with E-state index >= 15 is 0 Å². The molecule has 51 heavy (non-hydrogen) atoms. The van der Waals surface area contributed by atoms with Crippen molar-refractivity contribution in [1.29, 1.82) is 0 Å². The summed E-state index contributed by atoms with van der Waals surface area (Å²) in [5.74, 6) is 0.282. The molecule has 6 atom stereocenters. The number of aromatic nitrogens is 1. The summed E-state index contributed by atoms with van der Waals surface area (Å²) in [6.45, 7) is 2.42. The lowest BCUT2D eigenvalue weighted by Gasteiger charge is -2.45. The summed E-state index contributed by atoms with van der Waals surface area (Å²) in [6.07, 6.45) is 23.9. The fourth-order valence-electron chi connectivity index (χ4n) is 9.29. The van der Waals surface area contributed by atoms with Crippen molar-refractivity contribution in [3.05, 3.63) is 173 Å². The van der Waals surface area contributed by atoms with Crippen LogP contribution in [-0.4, -0.2) is 39.4 Å². The highest BCUT2D eigenvalue weighted by molar-refractivity contribution is 8.03. The van der Waals surface area contributed by atoms with Crippen molar-refractivity contribution in [3.8, 4) is 11.1 Å². The van der Waals surface area contributed by atoms with Crippen LogP contribution in [-0.2, 0) is 5.41 Å². The van der Waals surface area contributed by atoms with Crippen LogP contribution in [0.2, 0.25) is 0 Å². The Morgan fingerprint density at radius 2 is 1.61 bits per heavy atom. The maximum absolute atomic E-state index is 5.63. The first-order valence-corrected chi connectivity index (χ1v) is 19.7. The molecule has 248 valence electrons. The molecule has 0 bridgehead atoms. The third kappa shape index (κ3) is 4.33. The van der Waals surface area contributed by atoms with Crippen molar-refractivity contribution in [3.63, 3.8) is 0 Å². The summed E-state index contributed by atoms with van der Waals surface area (Å²) in [4.78, 5) is 11.0. The second-order valence-electron chi connectivity index (χ2n) is 14.5. The summed E-state index contributed by atoms with van der Waals surface area (Å²) in [5.41, 5.74) is 12.9. The highest BCUT2D eigenvalue weighted by Crippen LogP contribution is 2.57. The topological polar surface area (TPSA) is 32.6 Å². The zero-order valence-corrected chi connectivity index (χ0v) is 29.8. The molecule has 0 radical (unpaired) electrons. The number of nitrogens with zero attached hydrogens (tertiary/aromatic N) is 3. The van der Waals surface area contributed by atoms with Gasteiger partial charge in [-0.3, -0.25) is 5.32 Å². The average Bonchev–Trinajstić information content (AvgIpc) is 3.84. The number of rotatable bonds is 3. The van der Waals surface area contributed by atoms with E-state index in [2.05, 4.69) is 172 Å². The van der Waals surface area contributed by atoms with Crippen molar-refractivity contribution in [2.45, 2.75) is 47.9 Å². The zero-order chi connectivity index (χ0) is 33.7. The van der Waals surface area contributed by atoms with Gasteiger partial charge in [-0.25, -0.2) is 4.99 Å². The number of hydrogen-bond acceptors (Lipinski definition) is 4. The highest BCUT2D eigenvalue weighted by Gasteiger charge is 2.45. The molecule has 1 aromatic heterocycles. The van der Waals surface area contributed by atoms with Crippen LogP contribution in [0.5, 0.6) is 0 Å². The van der Waals surface area contributed by atoms with Crippen molar-refractivity contribution in [2.24, 2.45) is 10.9 Å². The van der Waals surface area contributed by atoms with Crippen LogP contribution >= 0.6 is 22.7 Å². The fourth-order valence-corrected chi connectivity index (χ4v) is 11.5. The number of aliphatic imine (C=N–C) groups is 1. The minimum absolute atomic E-state index is 0.0176. The molecular formula is C45H36N4S2. The van der Waals surface area contributed by atoms with Gasteiger partial charge in [0.1, 0.15) is 0 Å². The van der Waals surface area contributed by atoms with E-state index in [1.165, 1.54) is 60.4 Å². The second-order valence-corrected chi connectivity index (χ2v) is 16.3. The van der Waals surface area contributed by atoms with Crippen LogP contribution in [0.25, 0.3) is 16.8 Å². The molecule has 0 amide bonds. The molecule has 0 saturated heterocycles. The third-order valence-corrected chi connectivity index (χ3v) is 13.8. The lowest BCUT2D eigenvalue weighted by molar-refractivity contribution is 0.391. The monoisotopic (exact) mass is 696 g/mol. The fraction of sp³-hybridized carbons (Fsp3) is 0.178. The average molecular weight is 697 g/mol. The first kappa shape index (κ1) is 29.8. The molecule has 11 rings (SSSR count). The molecule has 4 aromatic rings. The third-order valence-electron chi connectivity index (χ3n) is 11.7. The Balaban J connectivity index is 1.10. The van der Waals surface area contributed by atoms with Gasteiger partial charge < -0.3 is 9.47 Å². The van der Waals surface area contributed by atoms with Crippen molar-refractivity contribution >= 4 is 50.5 Å². The lowest BCUT2D eigenvalue weighted by atomic mass is 9.77. The molecule has 5 heterocycles. The van der Waals surface area contributed by atoms with Crippen LogP contribution in [0.3, 0.4) is 0 Å². The first-order valence-electron chi connectivity index (χ1n) is 17.9. The standard InChI is InChI=1S/C45H36N4S2/c1-45-24-23-29(25-40(45)51-39-22-12-8-18-34(39)45)48-38-27-50-26-33(38)41-31-16-6-10-20-36(31)49(37-21-11-7-17-32(37)43(41)48)44-46-35-19-9-5-15-30(35)42(47-44)28-13-3-2-4-14-28/h2-23,25-27,30,32,35,37,44,46H,24H2,1H3/t30?,32?,35?,37?,44?,45-/m0/s1. The molecule has 3 aromatic carbocycles. The minimum atomic E-state index is -0.261. The van der Waals surface area contributed by atoms with Crippen molar-refractivity contribution in [2.75, 3.05) is 4.90 Å². The molecule has 3 aliphatic carbocycles. The van der Waals surface area contributed by atoms with E-state index in [1.807, 2.05) is 11.8 Å². The Morgan fingerprint density at radius 3 is 2.53 bits per heavy atom. The van der Waals surface area contributed by atoms with Crippen LogP contribution in [0.15, 0.2) is 154 Å². The lowest BCUT2D eigenvalue weighted by Crippen LogP contribution is -2.59. The number of fused-ring (bicyclic) bond motifs is 11. The number of nitrogens with one attached hydrogen (secondary N) is 1. The Labute approximate surface area is 306 Å². The Hall–Kier alpha value is -4.88. The highest BCUT2D eigenvalue weighted by atomic mass is 32.2. The number of para-hydroxylation sites is 1. The van der Waals surface area contributed by atoms with Crippen LogP contribution in [0.4, 0.5) is 5.69 Å². The summed E-state index contributed by atoms with van der Waals surface area (Å²) < 4.78 is 2.61. The molecule has 0 spiro atoms. The van der Waals surface area contributed by atoms with Crippen LogP contribution < -0.4 is 10.2 Å². The van der Waals surface area contributed by atoms with Gasteiger partial charge in [-0.2, -0.15) is 0 Å². The second kappa shape index (κ2) is 11.3. The Bertz CT molecular complexity index is 2450. The normalized spacial score (nSPS) is 28.6. The molecule has 0 saturated carbocycles. The van der Waals surface area contributed by atoms with Gasteiger partial charge in [0, 0.05) is 77.6 Å². The van der Waals surface area contributed by atoms with Crippen molar-refractivity contribution in [1.82, 2.24) is 9.88 Å². The summed E-state index contributed by atoms with van der Waals surface area (Å²) in [7, 11) is 1.80. The first-order chi connectivity index (χ1) is 25.2. The molecule has 4 aliphatic heterocycles. The maximum atomic E-state index is 5.63. The van der Waals surface area contributed by atoms with Gasteiger partial charge in [-0.15, -0.1) is 10.9 Å². The smallest absolute Gasteiger partial charge is 0.177 e. The largest absolute Gasteiger partial charge is 0.329 e. The van der Waals surface area contributed by atoms with Gasteiger partial charge >= 0.3 is 0 Å². The van der Waals surface area contributed by atoms with Gasteiger partial charge in [0.25, 0.3) is 0 Å². The number of anilines is 1. The molecule has 6 heteroatoms. The molecule has 0 fully saturated rings. The van der Waals surface area contributed by atoms with Gasteiger partial charge in [-0.1, -0.05) is 140 Å². The molecule has 7 aliphatic rings. The van der Waals surface area contributed by atoms with Crippen LogP contribution in [0.1, 0.15) is 47.3 Å². The predicted octanol–water partition coefficient (Wildman–Crippen LogP) is 9.28. The summed E-state index contributed by atoms with van der Waals surface area (Å²) in [5, 5.41) is 8.73. The SMILES string of the molecule is C[C@@]12CC=C(n3c4c(c5c3C3C=CC=CC3N(C3N=C(c6ccccc6)C6C=CC=CC6N3)c3ccccc3-5)C=S=C4)C=C1Sc1ccccc12. The van der Waals surface area contributed by atoms with E-state index in [1.54, 1.807) is 10.9 Å². The molecule has 5 unspecified atom stereocenters. The minimum Gasteiger partial charge on any atom is -0.329 e. The molecule has 4 nitrogen and oxygen atoms in total. The van der Waals surface area contributed by atoms with E-state index in [0.29, 0.717) is 0 Å². The predicted molar refractivity (Wildman–Crippen MR) is 217 cm³/mol. The van der Waals surface area contributed by atoms with Gasteiger partial charge in [-0.05, 0) is 35.8 Å². The Morgan fingerprint density at radius 1 is 0.824 bits per heavy atom. The van der Waals surface area contributed by atoms with Gasteiger partial charge in [0.2, 0.25) is 0 Å². The van der Waals surface area contributed by atoms with Gasteiger partial charge in [0.15, 0.2) is 6.29 Å². The van der Waals surface area contributed by atoms with Crippen LogP contribution in [0, 0.1) is 5.92 Å². The Kier molecular flexibility index (Phi) is 6.61. The number of benzene rings is 3. The van der Waals surface area contributed by atoms with E-state index in [0.717, 1.165) is 12.1 Å². The number of hydrogen-bond donors (Lipinski definition) is 1. The van der Waals surface area contributed by atoms with E-state index < -0.39 is 0 Å². The molecule has 1 N–H and O–H groups in total. The number of allylic oxidation sites excluding steroid dienone is 8. The molecular weight excluding hydrogens is 661 g/mol. The van der Waals surface area contributed by atoms with E-state index in [4.69, 9.17) is 4.99 Å². The van der Waals surface area contributed by atoms with E-state index in [9.17, 15) is 0 Å². The summed E-state index contributed by atoms with van der Waals surface area (Å²) in [6, 6.07) is 28.9. The maximum Gasteiger partial charge on any atom is 0.177 e. The van der Waals surface area contributed by atoms with Crippen molar-refractivity contribution < 1.29 is 0 Å². The summed E-state index contributed by atoms with van der Waals surface area (Å²) >= 11 is 1.95. The van der Waals surface area contributed by atoms with E-state index in [-0.39, 0.29) is 35.6 Å². The number of thioether (sulfide) groups is 1. The quantitative estimate of drug-likeness (QED) is 0.191. The zero-order valence-electron chi connectivity index (χ0n) is 28.2. The van der Waals surface area contributed by atoms with Gasteiger partial charge in [0.05, 0.1) is 17.4 Å².